The lowest BCUT2D eigenvalue weighted by Gasteiger charge is -2.14. The van der Waals surface area contributed by atoms with Crippen LogP contribution in [0.1, 0.15) is 28.9 Å². The van der Waals surface area contributed by atoms with Crippen LogP contribution in [0.15, 0.2) is 60.8 Å². The quantitative estimate of drug-likeness (QED) is 0.479. The fourth-order valence-corrected chi connectivity index (χ4v) is 4.03. The fraction of sp³-hybridized carbons (Fsp3) is 0.261. The Hall–Kier alpha value is -3.39. The van der Waals surface area contributed by atoms with Crippen molar-refractivity contribution < 1.29 is 14.3 Å². The van der Waals surface area contributed by atoms with Gasteiger partial charge in [0, 0.05) is 31.7 Å². The number of amides is 2. The molecular formula is C23H24N4O3S. The summed E-state index contributed by atoms with van der Waals surface area (Å²) in [7, 11) is 0. The topological polar surface area (TPSA) is 83.6 Å². The van der Waals surface area contributed by atoms with E-state index >= 15 is 0 Å². The van der Waals surface area contributed by atoms with Gasteiger partial charge in [0.05, 0.1) is 6.20 Å². The number of hydrogen-bond donors (Lipinski definition) is 2. The second-order valence-corrected chi connectivity index (χ2v) is 8.22. The lowest BCUT2D eigenvalue weighted by Crippen LogP contribution is -2.26. The molecular weight excluding hydrogens is 412 g/mol. The fourth-order valence-electron chi connectivity index (χ4n) is 3.29. The standard InChI is InChI=1S/C23H24N4O3S/c28-21-8-4-14-27(21)15-5-13-24-23-25-16-20(31-23)22(29)26-17-9-11-19(12-10-17)30-18-6-2-1-3-7-18/h1-3,6-7,9-12,16H,4-5,8,13-15H2,(H,24,25)(H,26,29). The summed E-state index contributed by atoms with van der Waals surface area (Å²) in [5, 5.41) is 6.80. The SMILES string of the molecule is O=C(Nc1ccc(Oc2ccccc2)cc1)c1cnc(NCCCN2CCCC2=O)s1. The van der Waals surface area contributed by atoms with Crippen molar-refractivity contribution in [3.05, 3.63) is 65.7 Å². The molecule has 7 nitrogen and oxygen atoms in total. The van der Waals surface area contributed by atoms with Crippen LogP contribution in [0.4, 0.5) is 10.8 Å². The van der Waals surface area contributed by atoms with Crippen molar-refractivity contribution in [1.82, 2.24) is 9.88 Å². The summed E-state index contributed by atoms with van der Waals surface area (Å²) in [4.78, 5) is 30.8. The maximum absolute atomic E-state index is 12.5. The summed E-state index contributed by atoms with van der Waals surface area (Å²) >= 11 is 1.31. The number of rotatable bonds is 9. The number of likely N-dealkylation sites (tertiary alicyclic amines) is 1. The highest BCUT2D eigenvalue weighted by Gasteiger charge is 2.19. The number of ether oxygens (including phenoxy) is 1. The van der Waals surface area contributed by atoms with E-state index in [4.69, 9.17) is 4.74 Å². The van der Waals surface area contributed by atoms with Gasteiger partial charge in [0.25, 0.3) is 5.91 Å². The summed E-state index contributed by atoms with van der Waals surface area (Å²) in [6, 6.07) is 16.8. The lowest BCUT2D eigenvalue weighted by atomic mass is 10.3. The van der Waals surface area contributed by atoms with Crippen LogP contribution in [0.25, 0.3) is 0 Å². The number of benzene rings is 2. The monoisotopic (exact) mass is 436 g/mol. The van der Waals surface area contributed by atoms with Gasteiger partial charge in [0.2, 0.25) is 5.91 Å². The van der Waals surface area contributed by atoms with Crippen molar-refractivity contribution in [3.8, 4) is 11.5 Å². The van der Waals surface area contributed by atoms with Gasteiger partial charge in [-0.2, -0.15) is 0 Å². The van der Waals surface area contributed by atoms with E-state index in [0.29, 0.717) is 34.4 Å². The second-order valence-electron chi connectivity index (χ2n) is 7.19. The number of anilines is 2. The van der Waals surface area contributed by atoms with Crippen LogP contribution in [0.2, 0.25) is 0 Å². The number of nitrogens with zero attached hydrogens (tertiary/aromatic N) is 2. The van der Waals surface area contributed by atoms with Gasteiger partial charge in [-0.25, -0.2) is 4.98 Å². The Kier molecular flexibility index (Phi) is 6.78. The number of carbonyl (C=O) groups excluding carboxylic acids is 2. The highest BCUT2D eigenvalue weighted by atomic mass is 32.1. The molecule has 4 rings (SSSR count). The van der Waals surface area contributed by atoms with E-state index in [1.807, 2.05) is 47.4 Å². The van der Waals surface area contributed by atoms with Crippen LogP contribution in [0, 0.1) is 0 Å². The molecule has 2 heterocycles. The van der Waals surface area contributed by atoms with Crippen LogP contribution >= 0.6 is 11.3 Å². The largest absolute Gasteiger partial charge is 0.457 e. The molecule has 0 unspecified atom stereocenters. The summed E-state index contributed by atoms with van der Waals surface area (Å²) in [5.41, 5.74) is 0.684. The number of thiazole rings is 1. The molecule has 8 heteroatoms. The Morgan fingerprint density at radius 2 is 1.87 bits per heavy atom. The first-order valence-electron chi connectivity index (χ1n) is 10.3. The number of para-hydroxylation sites is 1. The molecule has 0 atom stereocenters. The van der Waals surface area contributed by atoms with E-state index in [9.17, 15) is 9.59 Å². The molecule has 0 radical (unpaired) electrons. The Bertz CT molecular complexity index is 1020. The highest BCUT2D eigenvalue weighted by molar-refractivity contribution is 7.17. The Balaban J connectivity index is 1.23. The summed E-state index contributed by atoms with van der Waals surface area (Å²) in [5.74, 6) is 1.50. The minimum absolute atomic E-state index is 0.204. The van der Waals surface area contributed by atoms with Crippen molar-refractivity contribution in [1.29, 1.82) is 0 Å². The smallest absolute Gasteiger partial charge is 0.267 e. The van der Waals surface area contributed by atoms with Crippen LogP contribution in [-0.4, -0.2) is 41.3 Å². The van der Waals surface area contributed by atoms with Gasteiger partial charge < -0.3 is 20.3 Å². The average molecular weight is 437 g/mol. The van der Waals surface area contributed by atoms with Gasteiger partial charge >= 0.3 is 0 Å². The highest BCUT2D eigenvalue weighted by Crippen LogP contribution is 2.24. The van der Waals surface area contributed by atoms with Crippen LogP contribution < -0.4 is 15.4 Å². The molecule has 1 aliphatic rings. The first-order valence-corrected chi connectivity index (χ1v) is 11.1. The van der Waals surface area contributed by atoms with E-state index in [1.165, 1.54) is 11.3 Å². The van der Waals surface area contributed by atoms with Gasteiger partial charge in [-0.15, -0.1) is 0 Å². The average Bonchev–Trinajstić information content (AvgIpc) is 3.42. The Morgan fingerprint density at radius 1 is 1.10 bits per heavy atom. The zero-order valence-corrected chi connectivity index (χ0v) is 17.9. The predicted molar refractivity (Wildman–Crippen MR) is 122 cm³/mol. The first kappa shape index (κ1) is 20.9. The van der Waals surface area contributed by atoms with Crippen molar-refractivity contribution in [2.75, 3.05) is 30.3 Å². The minimum atomic E-state index is -0.204. The number of aromatic nitrogens is 1. The van der Waals surface area contributed by atoms with E-state index in [-0.39, 0.29) is 11.8 Å². The van der Waals surface area contributed by atoms with Crippen molar-refractivity contribution in [2.45, 2.75) is 19.3 Å². The Labute approximate surface area is 185 Å². The van der Waals surface area contributed by atoms with E-state index in [1.54, 1.807) is 18.3 Å². The van der Waals surface area contributed by atoms with E-state index in [0.717, 1.165) is 31.7 Å². The van der Waals surface area contributed by atoms with Crippen LogP contribution in [0.5, 0.6) is 11.5 Å². The van der Waals surface area contributed by atoms with Gasteiger partial charge in [-0.3, -0.25) is 9.59 Å². The van der Waals surface area contributed by atoms with E-state index in [2.05, 4.69) is 15.6 Å². The van der Waals surface area contributed by atoms with Crippen molar-refractivity contribution in [2.24, 2.45) is 0 Å². The maximum Gasteiger partial charge on any atom is 0.267 e. The third-order valence-corrected chi connectivity index (χ3v) is 5.83. The van der Waals surface area contributed by atoms with Crippen LogP contribution in [0.3, 0.4) is 0 Å². The molecule has 1 fully saturated rings. The third-order valence-electron chi connectivity index (χ3n) is 4.87. The molecule has 31 heavy (non-hydrogen) atoms. The summed E-state index contributed by atoms with van der Waals surface area (Å²) in [6.45, 7) is 2.33. The normalized spacial score (nSPS) is 13.3. The molecule has 160 valence electrons. The summed E-state index contributed by atoms with van der Waals surface area (Å²) < 4.78 is 5.76. The number of hydrogen-bond acceptors (Lipinski definition) is 6. The lowest BCUT2D eigenvalue weighted by molar-refractivity contribution is -0.127. The first-order chi connectivity index (χ1) is 15.2. The molecule has 1 saturated heterocycles. The second kappa shape index (κ2) is 10.1. The summed E-state index contributed by atoms with van der Waals surface area (Å²) in [6.07, 6.45) is 4.05. The molecule has 2 N–H and O–H groups in total. The van der Waals surface area contributed by atoms with Crippen molar-refractivity contribution >= 4 is 34.0 Å². The van der Waals surface area contributed by atoms with Gasteiger partial charge in [0.1, 0.15) is 16.4 Å². The third kappa shape index (κ3) is 5.82. The molecule has 2 amide bonds. The molecule has 0 spiro atoms. The zero-order valence-electron chi connectivity index (χ0n) is 17.0. The molecule has 0 aliphatic carbocycles. The number of nitrogens with one attached hydrogen (secondary N) is 2. The maximum atomic E-state index is 12.5. The van der Waals surface area contributed by atoms with Gasteiger partial charge in [0.15, 0.2) is 5.13 Å². The molecule has 2 aromatic carbocycles. The van der Waals surface area contributed by atoms with Gasteiger partial charge in [-0.1, -0.05) is 29.5 Å². The zero-order chi connectivity index (χ0) is 21.5. The Morgan fingerprint density at radius 3 is 2.61 bits per heavy atom. The molecule has 1 aromatic heterocycles. The molecule has 1 aliphatic heterocycles. The van der Waals surface area contributed by atoms with Crippen molar-refractivity contribution in [3.63, 3.8) is 0 Å². The van der Waals surface area contributed by atoms with Gasteiger partial charge in [-0.05, 0) is 49.2 Å². The molecule has 0 saturated carbocycles. The number of carbonyl (C=O) groups is 2. The van der Waals surface area contributed by atoms with E-state index < -0.39 is 0 Å². The minimum Gasteiger partial charge on any atom is -0.457 e. The van der Waals surface area contributed by atoms with Crippen LogP contribution in [-0.2, 0) is 4.79 Å². The molecule has 3 aromatic rings. The predicted octanol–water partition coefficient (Wildman–Crippen LogP) is 4.61. The molecule has 0 bridgehead atoms.